The highest BCUT2D eigenvalue weighted by Gasteiger charge is 2.64. The molecule has 0 aromatic heterocycles. The Hall–Kier alpha value is -0.460. The zero-order chi connectivity index (χ0) is 14.9. The summed E-state index contributed by atoms with van der Waals surface area (Å²) in [5, 5.41) is 0. The van der Waals surface area contributed by atoms with Gasteiger partial charge in [0.25, 0.3) is 0 Å². The van der Waals surface area contributed by atoms with Gasteiger partial charge >= 0.3 is 5.97 Å². The molecule has 1 saturated heterocycles. The predicted octanol–water partition coefficient (Wildman–Crippen LogP) is 1.49. The quantitative estimate of drug-likeness (QED) is 0.503. The molecule has 2 unspecified atom stereocenters. The number of esters is 1. The lowest BCUT2D eigenvalue weighted by molar-refractivity contribution is -0.143. The van der Waals surface area contributed by atoms with Crippen LogP contribution in [0, 0.1) is 5.92 Å². The Labute approximate surface area is 123 Å². The van der Waals surface area contributed by atoms with E-state index < -0.39 is 11.0 Å². The van der Waals surface area contributed by atoms with Gasteiger partial charge in [0.15, 0.2) is 0 Å². The number of methoxy groups -OCH3 is 1. The fourth-order valence-corrected chi connectivity index (χ4v) is 4.24. The van der Waals surface area contributed by atoms with Gasteiger partial charge in [-0.25, -0.2) is 8.51 Å². The van der Waals surface area contributed by atoms with Crippen LogP contribution in [0.4, 0.5) is 0 Å². The van der Waals surface area contributed by atoms with Crippen LogP contribution in [0.15, 0.2) is 0 Å². The van der Waals surface area contributed by atoms with Gasteiger partial charge in [0.1, 0.15) is 17.0 Å². The lowest BCUT2D eigenvalue weighted by Gasteiger charge is -2.24. The minimum Gasteiger partial charge on any atom is -0.465 e. The monoisotopic (exact) mass is 303 g/mol. The summed E-state index contributed by atoms with van der Waals surface area (Å²) in [4.78, 5) is 12.0. The molecule has 0 N–H and O–H groups in total. The number of carbonyl (C=O) groups excluding carboxylic acids is 1. The molecule has 1 heterocycles. The Balaban J connectivity index is 2.02. The molecule has 116 valence electrons. The van der Waals surface area contributed by atoms with E-state index in [1.807, 2.05) is 18.2 Å². The molecular weight excluding hydrogens is 278 g/mol. The van der Waals surface area contributed by atoms with Crippen LogP contribution in [-0.2, 0) is 25.3 Å². The lowest BCUT2D eigenvalue weighted by atomic mass is 10.1. The van der Waals surface area contributed by atoms with Crippen molar-refractivity contribution in [3.05, 3.63) is 0 Å². The molecule has 0 amide bonds. The Morgan fingerprint density at radius 1 is 1.40 bits per heavy atom. The zero-order valence-electron chi connectivity index (χ0n) is 12.8. The van der Waals surface area contributed by atoms with Crippen LogP contribution in [0.3, 0.4) is 0 Å². The molecule has 0 radical (unpaired) electrons. The Morgan fingerprint density at radius 3 is 2.55 bits per heavy atom. The van der Waals surface area contributed by atoms with E-state index in [1.165, 1.54) is 0 Å². The second-order valence-electron chi connectivity index (χ2n) is 6.14. The maximum Gasteiger partial charge on any atom is 0.326 e. The third-order valence-corrected chi connectivity index (χ3v) is 6.01. The first-order valence-electron chi connectivity index (χ1n) is 7.30. The van der Waals surface area contributed by atoms with Gasteiger partial charge in [0.2, 0.25) is 0 Å². The highest BCUT2D eigenvalue weighted by molar-refractivity contribution is 7.84. The molecule has 2 aliphatic rings. The number of rotatable bonds is 8. The topological polar surface area (TPSA) is 55.6 Å². The van der Waals surface area contributed by atoms with Crippen molar-refractivity contribution in [1.29, 1.82) is 0 Å². The predicted molar refractivity (Wildman–Crippen MR) is 77.5 cm³/mol. The summed E-state index contributed by atoms with van der Waals surface area (Å²) in [5.41, 5.74) is 0. The van der Waals surface area contributed by atoms with Crippen molar-refractivity contribution in [3.8, 4) is 0 Å². The molecule has 20 heavy (non-hydrogen) atoms. The highest BCUT2D eigenvalue weighted by atomic mass is 32.2. The first kappa shape index (κ1) is 15.9. The minimum absolute atomic E-state index is 0.122. The van der Waals surface area contributed by atoms with Crippen molar-refractivity contribution in [2.45, 2.75) is 56.9 Å². The standard InChI is InChI=1S/C14H25NO4S/c1-5-19-13(16)12-11(10-6-7-10)15(12)20(17)14(2,3)8-9-18-4/h10-12H,5-9H2,1-4H3/t11-,12-,15?,20?/m1/s1. The fraction of sp³-hybridized carbons (Fsp3) is 0.929. The molecule has 1 aliphatic carbocycles. The molecule has 2 rings (SSSR count). The molecule has 0 spiro atoms. The van der Waals surface area contributed by atoms with E-state index in [0.717, 1.165) is 12.8 Å². The largest absolute Gasteiger partial charge is 0.465 e. The van der Waals surface area contributed by atoms with Gasteiger partial charge in [0, 0.05) is 13.7 Å². The van der Waals surface area contributed by atoms with Crippen LogP contribution in [-0.4, -0.2) is 51.6 Å². The number of hydrogen-bond donors (Lipinski definition) is 0. The average Bonchev–Trinajstić information content (AvgIpc) is 3.26. The van der Waals surface area contributed by atoms with Gasteiger partial charge < -0.3 is 9.47 Å². The van der Waals surface area contributed by atoms with Crippen LogP contribution >= 0.6 is 0 Å². The Bertz CT molecular complexity index is 395. The summed E-state index contributed by atoms with van der Waals surface area (Å²) in [7, 11) is 0.459. The lowest BCUT2D eigenvalue weighted by Crippen LogP contribution is -2.34. The molecule has 1 aliphatic heterocycles. The SMILES string of the molecule is CCOC(=O)[C@H]1[C@@H](C2CC2)N1S(=O)C(C)(C)CCOC. The van der Waals surface area contributed by atoms with E-state index in [4.69, 9.17) is 9.47 Å². The van der Waals surface area contributed by atoms with E-state index in [0.29, 0.717) is 25.6 Å². The first-order valence-corrected chi connectivity index (χ1v) is 8.40. The van der Waals surface area contributed by atoms with Crippen LogP contribution in [0.2, 0.25) is 0 Å². The maximum atomic E-state index is 12.8. The normalized spacial score (nSPS) is 30.9. The van der Waals surface area contributed by atoms with Gasteiger partial charge in [-0.3, -0.25) is 4.79 Å². The summed E-state index contributed by atoms with van der Waals surface area (Å²) in [6, 6.07) is -0.179. The average molecular weight is 303 g/mol. The fourth-order valence-electron chi connectivity index (χ4n) is 2.54. The molecule has 2 fully saturated rings. The van der Waals surface area contributed by atoms with Crippen LogP contribution in [0.5, 0.6) is 0 Å². The molecule has 0 aromatic rings. The maximum absolute atomic E-state index is 12.8. The Kier molecular flexibility index (Phi) is 4.87. The smallest absolute Gasteiger partial charge is 0.326 e. The molecule has 0 aromatic carbocycles. The number of ether oxygens (including phenoxy) is 2. The van der Waals surface area contributed by atoms with E-state index in [2.05, 4.69) is 0 Å². The van der Waals surface area contributed by atoms with Crippen molar-refractivity contribution < 1.29 is 18.5 Å². The molecule has 5 nitrogen and oxygen atoms in total. The third-order valence-electron chi connectivity index (χ3n) is 4.01. The van der Waals surface area contributed by atoms with Crippen LogP contribution in [0.25, 0.3) is 0 Å². The van der Waals surface area contributed by atoms with E-state index >= 15 is 0 Å². The van der Waals surface area contributed by atoms with Crippen molar-refractivity contribution in [1.82, 2.24) is 4.31 Å². The number of nitrogens with zero attached hydrogens (tertiary/aromatic N) is 1. The summed E-state index contributed by atoms with van der Waals surface area (Å²) in [6.07, 6.45) is 2.97. The summed E-state index contributed by atoms with van der Waals surface area (Å²) in [6.45, 7) is 6.68. The number of hydrogen-bond acceptors (Lipinski definition) is 4. The zero-order valence-corrected chi connectivity index (χ0v) is 13.6. The summed E-state index contributed by atoms with van der Waals surface area (Å²) < 4.78 is 24.4. The van der Waals surface area contributed by atoms with Gasteiger partial charge in [0.05, 0.1) is 17.4 Å². The second kappa shape index (κ2) is 6.12. The van der Waals surface area contributed by atoms with Crippen LogP contribution in [0.1, 0.15) is 40.0 Å². The molecule has 0 bridgehead atoms. The van der Waals surface area contributed by atoms with Gasteiger partial charge in [-0.15, -0.1) is 0 Å². The van der Waals surface area contributed by atoms with Gasteiger partial charge in [-0.05, 0) is 46.0 Å². The molecular formula is C14H25NO4S. The Morgan fingerprint density at radius 2 is 2.05 bits per heavy atom. The molecule has 4 atom stereocenters. The van der Waals surface area contributed by atoms with Crippen molar-refractivity contribution >= 4 is 17.0 Å². The highest BCUT2D eigenvalue weighted by Crippen LogP contribution is 2.49. The third kappa shape index (κ3) is 3.23. The first-order chi connectivity index (χ1) is 9.44. The van der Waals surface area contributed by atoms with Gasteiger partial charge in [-0.1, -0.05) is 0 Å². The second-order valence-corrected chi connectivity index (χ2v) is 8.16. The summed E-state index contributed by atoms with van der Waals surface area (Å²) >= 11 is 0. The van der Waals surface area contributed by atoms with E-state index in [9.17, 15) is 9.00 Å². The molecule has 1 saturated carbocycles. The van der Waals surface area contributed by atoms with Crippen molar-refractivity contribution in [3.63, 3.8) is 0 Å². The van der Waals surface area contributed by atoms with E-state index in [-0.39, 0.29) is 22.8 Å². The minimum atomic E-state index is -1.18. The van der Waals surface area contributed by atoms with Crippen LogP contribution < -0.4 is 0 Å². The van der Waals surface area contributed by atoms with E-state index in [1.54, 1.807) is 14.0 Å². The summed E-state index contributed by atoms with van der Waals surface area (Å²) in [5.74, 6) is 0.298. The number of carbonyl (C=O) groups is 1. The van der Waals surface area contributed by atoms with Crippen molar-refractivity contribution in [2.24, 2.45) is 5.92 Å². The van der Waals surface area contributed by atoms with Gasteiger partial charge in [-0.2, -0.15) is 0 Å². The molecule has 6 heteroatoms. The van der Waals surface area contributed by atoms with Crippen molar-refractivity contribution in [2.75, 3.05) is 20.3 Å².